The molecule has 0 fully saturated rings. The summed E-state index contributed by atoms with van der Waals surface area (Å²) in [6.45, 7) is 3.34. The van der Waals surface area contributed by atoms with Crippen molar-refractivity contribution in [3.63, 3.8) is 0 Å². The number of hydrogen-bond donors (Lipinski definition) is 1. The van der Waals surface area contributed by atoms with Gasteiger partial charge in [-0.15, -0.1) is 0 Å². The van der Waals surface area contributed by atoms with Crippen molar-refractivity contribution < 1.29 is 18.0 Å². The van der Waals surface area contributed by atoms with Gasteiger partial charge in [0.05, 0.1) is 0 Å². The molecule has 1 N–H and O–H groups in total. The van der Waals surface area contributed by atoms with Gasteiger partial charge in [-0.25, -0.2) is 0 Å². The third-order valence-corrected chi connectivity index (χ3v) is 2.77. The lowest BCUT2D eigenvalue weighted by atomic mass is 10.2. The molecule has 0 radical (unpaired) electrons. The van der Waals surface area contributed by atoms with Gasteiger partial charge >= 0.3 is 6.18 Å². The summed E-state index contributed by atoms with van der Waals surface area (Å²) < 4.78 is 38.4. The number of amides is 1. The second-order valence-electron chi connectivity index (χ2n) is 4.61. The molecule has 1 amide bonds. The highest BCUT2D eigenvalue weighted by molar-refractivity contribution is 5.76. The van der Waals surface area contributed by atoms with Crippen LogP contribution in [0, 0.1) is 0 Å². The standard InChI is InChI=1S/C13H17F3N2O2/c1-3-5-9(2)17-11(19)8-18-7-4-6-10(12(18)20)13(14,15)16/h4,6-7,9H,3,5,8H2,1-2H3,(H,17,19). The summed E-state index contributed by atoms with van der Waals surface area (Å²) in [5.41, 5.74) is -2.48. The minimum absolute atomic E-state index is 0.0750. The minimum atomic E-state index is -4.72. The molecule has 1 aromatic rings. The highest BCUT2D eigenvalue weighted by Gasteiger charge is 2.34. The lowest BCUT2D eigenvalue weighted by Crippen LogP contribution is -2.38. The normalized spacial score (nSPS) is 13.1. The van der Waals surface area contributed by atoms with Crippen molar-refractivity contribution >= 4 is 5.91 Å². The Labute approximate surface area is 114 Å². The van der Waals surface area contributed by atoms with Crippen LogP contribution in [-0.2, 0) is 17.5 Å². The summed E-state index contributed by atoms with van der Waals surface area (Å²) in [4.78, 5) is 23.3. The smallest absolute Gasteiger partial charge is 0.352 e. The molecule has 0 aliphatic carbocycles. The molecule has 0 bridgehead atoms. The number of nitrogens with zero attached hydrogens (tertiary/aromatic N) is 1. The molecule has 112 valence electrons. The summed E-state index contributed by atoms with van der Waals surface area (Å²) in [6, 6.07) is 1.73. The number of aromatic nitrogens is 1. The van der Waals surface area contributed by atoms with E-state index in [0.29, 0.717) is 6.07 Å². The van der Waals surface area contributed by atoms with Crippen molar-refractivity contribution in [1.29, 1.82) is 0 Å². The molecule has 0 saturated heterocycles. The first kappa shape index (κ1) is 16.3. The Kier molecular flexibility index (Phi) is 5.35. The highest BCUT2D eigenvalue weighted by atomic mass is 19.4. The van der Waals surface area contributed by atoms with E-state index in [1.807, 2.05) is 6.92 Å². The van der Waals surface area contributed by atoms with Crippen molar-refractivity contribution in [2.45, 2.75) is 45.5 Å². The number of halogens is 3. The number of pyridine rings is 1. The number of nitrogens with one attached hydrogen (secondary N) is 1. The molecule has 0 saturated carbocycles. The average Bonchev–Trinajstić information content (AvgIpc) is 2.30. The van der Waals surface area contributed by atoms with Crippen molar-refractivity contribution in [3.8, 4) is 0 Å². The molecule has 0 spiro atoms. The molecule has 1 atom stereocenters. The van der Waals surface area contributed by atoms with E-state index in [0.717, 1.165) is 23.5 Å². The Morgan fingerprint density at radius 2 is 2.10 bits per heavy atom. The Balaban J connectivity index is 2.84. The zero-order chi connectivity index (χ0) is 15.3. The number of hydrogen-bond acceptors (Lipinski definition) is 2. The van der Waals surface area contributed by atoms with Gasteiger partial charge in [0.25, 0.3) is 5.56 Å². The molecule has 0 aliphatic heterocycles. The number of rotatable bonds is 5. The zero-order valence-corrected chi connectivity index (χ0v) is 11.3. The van der Waals surface area contributed by atoms with Gasteiger partial charge in [0, 0.05) is 12.2 Å². The molecular formula is C13H17F3N2O2. The number of alkyl halides is 3. The van der Waals surface area contributed by atoms with Gasteiger partial charge in [0.2, 0.25) is 5.91 Å². The first-order valence-electron chi connectivity index (χ1n) is 6.31. The van der Waals surface area contributed by atoms with Crippen LogP contribution in [-0.4, -0.2) is 16.5 Å². The first-order chi connectivity index (χ1) is 9.25. The second-order valence-corrected chi connectivity index (χ2v) is 4.61. The van der Waals surface area contributed by atoms with E-state index in [1.54, 1.807) is 6.92 Å². The molecule has 1 heterocycles. The maximum atomic E-state index is 12.6. The van der Waals surface area contributed by atoms with E-state index >= 15 is 0 Å². The Morgan fingerprint density at radius 1 is 1.45 bits per heavy atom. The number of carbonyl (C=O) groups is 1. The van der Waals surface area contributed by atoms with Crippen LogP contribution in [0.15, 0.2) is 23.1 Å². The summed E-state index contributed by atoms with van der Waals surface area (Å²) in [7, 11) is 0. The maximum Gasteiger partial charge on any atom is 0.421 e. The third-order valence-electron chi connectivity index (χ3n) is 2.77. The second kappa shape index (κ2) is 6.58. The average molecular weight is 290 g/mol. The highest BCUT2D eigenvalue weighted by Crippen LogP contribution is 2.25. The van der Waals surface area contributed by atoms with Crippen LogP contribution in [0.4, 0.5) is 13.2 Å². The molecule has 4 nitrogen and oxygen atoms in total. The van der Waals surface area contributed by atoms with Crippen LogP contribution in [0.2, 0.25) is 0 Å². The first-order valence-corrected chi connectivity index (χ1v) is 6.31. The molecule has 1 aromatic heterocycles. The maximum absolute atomic E-state index is 12.6. The molecular weight excluding hydrogens is 273 g/mol. The van der Waals surface area contributed by atoms with E-state index in [-0.39, 0.29) is 6.04 Å². The SMILES string of the molecule is CCCC(C)NC(=O)Cn1cccc(C(F)(F)F)c1=O. The lowest BCUT2D eigenvalue weighted by molar-refractivity contribution is -0.139. The predicted octanol–water partition coefficient (Wildman–Crippen LogP) is 2.17. The summed E-state index contributed by atoms with van der Waals surface area (Å²) in [5, 5.41) is 2.63. The van der Waals surface area contributed by atoms with Crippen molar-refractivity contribution in [1.82, 2.24) is 9.88 Å². The van der Waals surface area contributed by atoms with E-state index in [9.17, 15) is 22.8 Å². The van der Waals surface area contributed by atoms with Gasteiger partial charge in [-0.1, -0.05) is 13.3 Å². The van der Waals surface area contributed by atoms with E-state index in [1.165, 1.54) is 6.20 Å². The van der Waals surface area contributed by atoms with Gasteiger partial charge in [-0.3, -0.25) is 9.59 Å². The van der Waals surface area contributed by atoms with Crippen molar-refractivity contribution in [2.75, 3.05) is 0 Å². The zero-order valence-electron chi connectivity index (χ0n) is 11.3. The monoisotopic (exact) mass is 290 g/mol. The Bertz CT molecular complexity index is 523. The van der Waals surface area contributed by atoms with Gasteiger partial charge in [0.1, 0.15) is 12.1 Å². The van der Waals surface area contributed by atoms with Crippen LogP contribution in [0.1, 0.15) is 32.3 Å². The van der Waals surface area contributed by atoms with Gasteiger partial charge in [-0.05, 0) is 25.5 Å². The van der Waals surface area contributed by atoms with E-state index in [2.05, 4.69) is 5.32 Å². The summed E-state index contributed by atoms with van der Waals surface area (Å²) >= 11 is 0. The van der Waals surface area contributed by atoms with Crippen molar-refractivity contribution in [2.24, 2.45) is 0 Å². The van der Waals surface area contributed by atoms with Gasteiger partial charge < -0.3 is 9.88 Å². The molecule has 1 rings (SSSR count). The van der Waals surface area contributed by atoms with Crippen LogP contribution in [0.25, 0.3) is 0 Å². The fraction of sp³-hybridized carbons (Fsp3) is 0.538. The van der Waals surface area contributed by atoms with Gasteiger partial charge in [-0.2, -0.15) is 13.2 Å². The predicted molar refractivity (Wildman–Crippen MR) is 68.2 cm³/mol. The Hall–Kier alpha value is -1.79. The number of carbonyl (C=O) groups excluding carboxylic acids is 1. The van der Waals surface area contributed by atoms with E-state index in [4.69, 9.17) is 0 Å². The summed E-state index contributed by atoms with van der Waals surface area (Å²) in [6.07, 6.45) is -1.90. The van der Waals surface area contributed by atoms with Gasteiger partial charge in [0.15, 0.2) is 0 Å². The van der Waals surface area contributed by atoms with Crippen LogP contribution in [0.5, 0.6) is 0 Å². The largest absolute Gasteiger partial charge is 0.421 e. The molecule has 7 heteroatoms. The molecule has 0 aliphatic rings. The quantitative estimate of drug-likeness (QED) is 0.903. The third kappa shape index (κ3) is 4.40. The van der Waals surface area contributed by atoms with Crippen molar-refractivity contribution in [3.05, 3.63) is 34.2 Å². The molecule has 20 heavy (non-hydrogen) atoms. The lowest BCUT2D eigenvalue weighted by Gasteiger charge is -2.14. The summed E-state index contributed by atoms with van der Waals surface area (Å²) in [5.74, 6) is -0.479. The fourth-order valence-electron chi connectivity index (χ4n) is 1.86. The topological polar surface area (TPSA) is 51.1 Å². The minimum Gasteiger partial charge on any atom is -0.352 e. The van der Waals surface area contributed by atoms with Crippen LogP contribution >= 0.6 is 0 Å². The molecule has 1 unspecified atom stereocenters. The fourth-order valence-corrected chi connectivity index (χ4v) is 1.86. The Morgan fingerprint density at radius 3 is 2.65 bits per heavy atom. The van der Waals surface area contributed by atoms with E-state index < -0.39 is 29.8 Å². The molecule has 0 aromatic carbocycles. The van der Waals surface area contributed by atoms with Crippen LogP contribution < -0.4 is 10.9 Å². The van der Waals surface area contributed by atoms with Crippen LogP contribution in [0.3, 0.4) is 0 Å².